The molecule has 0 bridgehead atoms. The minimum atomic E-state index is -1.29. The summed E-state index contributed by atoms with van der Waals surface area (Å²) in [5.74, 6) is -1.83. The zero-order chi connectivity index (χ0) is 25.0. The van der Waals surface area contributed by atoms with Gasteiger partial charge in [0.2, 0.25) is 5.91 Å². The van der Waals surface area contributed by atoms with E-state index in [1.807, 2.05) is 50.2 Å². The van der Waals surface area contributed by atoms with Crippen LogP contribution in [0.2, 0.25) is 0 Å². The smallest absolute Gasteiger partial charge is 0.407 e. The van der Waals surface area contributed by atoms with Crippen LogP contribution in [0.4, 0.5) is 4.79 Å². The summed E-state index contributed by atoms with van der Waals surface area (Å²) >= 11 is 0. The van der Waals surface area contributed by atoms with Crippen LogP contribution in [0.5, 0.6) is 0 Å². The number of hydrogen-bond donors (Lipinski definition) is 3. The molecule has 0 aromatic heterocycles. The van der Waals surface area contributed by atoms with E-state index in [-0.39, 0.29) is 18.4 Å². The number of carbonyl (C=O) groups excluding carboxylic acids is 2. The topological polar surface area (TPSA) is 105 Å². The van der Waals surface area contributed by atoms with Crippen molar-refractivity contribution in [3.05, 3.63) is 59.7 Å². The lowest BCUT2D eigenvalue weighted by molar-refractivity contribution is -0.148. The van der Waals surface area contributed by atoms with Gasteiger partial charge >= 0.3 is 12.1 Å². The Kier molecular flexibility index (Phi) is 7.43. The predicted molar refractivity (Wildman–Crippen MR) is 133 cm³/mol. The van der Waals surface area contributed by atoms with Crippen LogP contribution in [0.25, 0.3) is 11.1 Å². The molecular formula is C28H34N2O5. The standard InChI is InChI=1S/C28H34N2O5/c1-18(2)24(25(31)30-28(26(32)33)15-9-3-4-10-16-28)29-27(34)35-17-23-21-13-7-5-11-19(21)20-12-6-8-14-22(20)23/h5-8,11-14,18,23-24H,3-4,9-10,15-17H2,1-2H3,(H,29,34)(H,30,31)(H,32,33)/t24-/m1/s1. The Morgan fingerprint density at radius 3 is 2.00 bits per heavy atom. The molecule has 1 atom stereocenters. The van der Waals surface area contributed by atoms with E-state index in [1.54, 1.807) is 0 Å². The van der Waals surface area contributed by atoms with Gasteiger partial charge in [0.05, 0.1) is 0 Å². The highest BCUT2D eigenvalue weighted by Crippen LogP contribution is 2.44. The van der Waals surface area contributed by atoms with Gasteiger partial charge in [-0.15, -0.1) is 0 Å². The van der Waals surface area contributed by atoms with Gasteiger partial charge in [-0.3, -0.25) is 4.79 Å². The van der Waals surface area contributed by atoms with Crippen molar-refractivity contribution in [3.8, 4) is 11.1 Å². The van der Waals surface area contributed by atoms with Crippen molar-refractivity contribution in [2.75, 3.05) is 6.61 Å². The molecule has 0 radical (unpaired) electrons. The largest absolute Gasteiger partial charge is 0.480 e. The molecule has 2 aliphatic carbocycles. The molecule has 4 rings (SSSR count). The van der Waals surface area contributed by atoms with Crippen molar-refractivity contribution in [1.29, 1.82) is 0 Å². The summed E-state index contributed by atoms with van der Waals surface area (Å²) in [6, 6.07) is 15.3. The molecule has 0 heterocycles. The van der Waals surface area contributed by atoms with E-state index >= 15 is 0 Å². The summed E-state index contributed by atoms with van der Waals surface area (Å²) < 4.78 is 5.61. The number of carbonyl (C=O) groups is 3. The molecule has 3 N–H and O–H groups in total. The first-order valence-corrected chi connectivity index (χ1v) is 12.5. The summed E-state index contributed by atoms with van der Waals surface area (Å²) in [4.78, 5) is 38.0. The minimum absolute atomic E-state index is 0.0826. The zero-order valence-electron chi connectivity index (χ0n) is 20.4. The third-order valence-corrected chi connectivity index (χ3v) is 7.30. The van der Waals surface area contributed by atoms with Gasteiger partial charge in [0.15, 0.2) is 0 Å². The number of carboxylic acids is 1. The van der Waals surface area contributed by atoms with Crippen molar-refractivity contribution in [1.82, 2.24) is 10.6 Å². The number of ether oxygens (including phenoxy) is 1. The molecule has 0 saturated heterocycles. The van der Waals surface area contributed by atoms with Gasteiger partial charge in [-0.2, -0.15) is 0 Å². The van der Waals surface area contributed by atoms with Crippen LogP contribution in [0.3, 0.4) is 0 Å². The van der Waals surface area contributed by atoms with Crippen molar-refractivity contribution < 1.29 is 24.2 Å². The lowest BCUT2D eigenvalue weighted by Crippen LogP contribution is -2.60. The number of carboxylic acid groups (broad SMARTS) is 1. The number of amides is 2. The third kappa shape index (κ3) is 5.19. The fourth-order valence-corrected chi connectivity index (χ4v) is 5.34. The third-order valence-electron chi connectivity index (χ3n) is 7.30. The minimum Gasteiger partial charge on any atom is -0.480 e. The van der Waals surface area contributed by atoms with Crippen molar-refractivity contribution in [2.45, 2.75) is 69.9 Å². The van der Waals surface area contributed by atoms with Crippen LogP contribution in [0.1, 0.15) is 69.4 Å². The Bertz CT molecular complexity index is 1040. The molecule has 2 amide bonds. The van der Waals surface area contributed by atoms with Crippen molar-refractivity contribution in [3.63, 3.8) is 0 Å². The van der Waals surface area contributed by atoms with Gasteiger partial charge in [0.25, 0.3) is 0 Å². The number of aliphatic carboxylic acids is 1. The number of benzene rings is 2. The van der Waals surface area contributed by atoms with E-state index in [0.29, 0.717) is 12.8 Å². The van der Waals surface area contributed by atoms with Gasteiger partial charge in [-0.05, 0) is 41.0 Å². The van der Waals surface area contributed by atoms with Gasteiger partial charge in [-0.1, -0.05) is 88.1 Å². The average molecular weight is 479 g/mol. The molecule has 1 saturated carbocycles. The average Bonchev–Trinajstić information content (AvgIpc) is 2.97. The predicted octanol–water partition coefficient (Wildman–Crippen LogP) is 4.84. The first-order chi connectivity index (χ1) is 16.8. The van der Waals surface area contributed by atoms with Gasteiger partial charge in [0.1, 0.15) is 18.2 Å². The lowest BCUT2D eigenvalue weighted by Gasteiger charge is -2.32. The van der Waals surface area contributed by atoms with E-state index < -0.39 is 29.6 Å². The Hall–Kier alpha value is -3.35. The van der Waals surface area contributed by atoms with Gasteiger partial charge in [-0.25, -0.2) is 9.59 Å². The van der Waals surface area contributed by atoms with Crippen LogP contribution >= 0.6 is 0 Å². The molecule has 0 unspecified atom stereocenters. The number of alkyl carbamates (subject to hydrolysis) is 1. The Labute approximate surface area is 206 Å². The molecule has 2 aromatic carbocycles. The Morgan fingerprint density at radius 1 is 0.943 bits per heavy atom. The maximum absolute atomic E-state index is 13.2. The van der Waals surface area contributed by atoms with Gasteiger partial charge < -0.3 is 20.5 Å². The second-order valence-electron chi connectivity index (χ2n) is 9.98. The molecule has 1 fully saturated rings. The Morgan fingerprint density at radius 2 is 1.49 bits per heavy atom. The van der Waals surface area contributed by atoms with E-state index in [2.05, 4.69) is 22.8 Å². The SMILES string of the molecule is CC(C)[C@@H](NC(=O)OCC1c2ccccc2-c2ccccc21)C(=O)NC1(C(=O)O)CCCCCC1. The van der Waals surface area contributed by atoms with E-state index in [0.717, 1.165) is 47.9 Å². The second-order valence-corrected chi connectivity index (χ2v) is 9.98. The first kappa shape index (κ1) is 24.8. The number of hydrogen-bond acceptors (Lipinski definition) is 4. The summed E-state index contributed by atoms with van der Waals surface area (Å²) in [5, 5.41) is 15.4. The fraction of sp³-hybridized carbons (Fsp3) is 0.464. The molecule has 0 aliphatic heterocycles. The van der Waals surface area contributed by atoms with Crippen LogP contribution in [0, 0.1) is 5.92 Å². The van der Waals surface area contributed by atoms with E-state index in [9.17, 15) is 19.5 Å². The van der Waals surface area contributed by atoms with Crippen molar-refractivity contribution in [2.24, 2.45) is 5.92 Å². The molecule has 7 heteroatoms. The fourth-order valence-electron chi connectivity index (χ4n) is 5.34. The lowest BCUT2D eigenvalue weighted by atomic mass is 9.89. The van der Waals surface area contributed by atoms with Gasteiger partial charge in [0, 0.05) is 5.92 Å². The highest BCUT2D eigenvalue weighted by Gasteiger charge is 2.42. The quantitative estimate of drug-likeness (QED) is 0.494. The number of nitrogens with one attached hydrogen (secondary N) is 2. The van der Waals surface area contributed by atoms with E-state index in [1.165, 1.54) is 0 Å². The van der Waals surface area contributed by atoms with E-state index in [4.69, 9.17) is 4.74 Å². The van der Waals surface area contributed by atoms with Crippen LogP contribution in [0.15, 0.2) is 48.5 Å². The number of fused-ring (bicyclic) bond motifs is 3. The molecule has 0 spiro atoms. The second kappa shape index (κ2) is 10.5. The van der Waals surface area contributed by atoms with Crippen molar-refractivity contribution >= 4 is 18.0 Å². The Balaban J connectivity index is 1.42. The highest BCUT2D eigenvalue weighted by atomic mass is 16.5. The van der Waals surface area contributed by atoms with Crippen LogP contribution < -0.4 is 10.6 Å². The molecule has 186 valence electrons. The molecule has 7 nitrogen and oxygen atoms in total. The van der Waals surface area contributed by atoms with Crippen LogP contribution in [-0.4, -0.2) is 41.3 Å². The molecule has 2 aliphatic rings. The molecule has 2 aromatic rings. The number of rotatable bonds is 7. The summed E-state index contributed by atoms with van der Waals surface area (Å²) in [6.45, 7) is 3.77. The van der Waals surface area contributed by atoms with Crippen LogP contribution in [-0.2, 0) is 14.3 Å². The summed E-state index contributed by atoms with van der Waals surface area (Å²) in [5.41, 5.74) is 3.20. The zero-order valence-corrected chi connectivity index (χ0v) is 20.4. The highest BCUT2D eigenvalue weighted by molar-refractivity contribution is 5.91. The summed E-state index contributed by atoms with van der Waals surface area (Å²) in [6.07, 6.45) is 3.50. The molecule has 35 heavy (non-hydrogen) atoms. The maximum Gasteiger partial charge on any atom is 0.407 e. The molecular weight excluding hydrogens is 444 g/mol. The maximum atomic E-state index is 13.2. The monoisotopic (exact) mass is 478 g/mol. The summed E-state index contributed by atoms with van der Waals surface area (Å²) in [7, 11) is 0. The normalized spacial score (nSPS) is 17.6. The first-order valence-electron chi connectivity index (χ1n) is 12.5.